The molecule has 0 aliphatic heterocycles. The molecule has 4 rings (SSSR count). The van der Waals surface area contributed by atoms with Gasteiger partial charge < -0.3 is 5.32 Å². The number of hydrogen-bond acceptors (Lipinski definition) is 3. The fourth-order valence-electron chi connectivity index (χ4n) is 3.25. The van der Waals surface area contributed by atoms with Gasteiger partial charge in [-0.15, -0.1) is 0 Å². The van der Waals surface area contributed by atoms with E-state index < -0.39 is 0 Å². The van der Waals surface area contributed by atoms with Crippen LogP contribution in [0.4, 0.5) is 5.69 Å². The number of carbonyl (C=O) groups excluding carboxylic acids is 2. The maximum Gasteiger partial charge on any atom is 0.244 e. The minimum Gasteiger partial charge on any atom is -0.326 e. The summed E-state index contributed by atoms with van der Waals surface area (Å²) < 4.78 is 0. The second-order valence-corrected chi connectivity index (χ2v) is 7.39. The van der Waals surface area contributed by atoms with Crippen molar-refractivity contribution in [3.63, 3.8) is 0 Å². The van der Waals surface area contributed by atoms with Crippen molar-refractivity contribution in [2.24, 2.45) is 11.0 Å². The van der Waals surface area contributed by atoms with Gasteiger partial charge in [0.15, 0.2) is 0 Å². The molecule has 5 heteroatoms. The smallest absolute Gasteiger partial charge is 0.244 e. The standard InChI is InChI=1S/C24H23N3O2/c1-16(17-11-13-21(14-12-17)25-24(29)19-9-10-19)26-27-23(28)15-20-7-4-6-18-5-2-3-8-22(18)20/h2-8,11-14,19H,9-10,15H2,1H3,(H,25,29)(H,27,28). The minimum atomic E-state index is -0.158. The van der Waals surface area contributed by atoms with E-state index in [0.29, 0.717) is 5.71 Å². The van der Waals surface area contributed by atoms with Crippen LogP contribution in [-0.4, -0.2) is 17.5 Å². The highest BCUT2D eigenvalue weighted by molar-refractivity contribution is 6.00. The summed E-state index contributed by atoms with van der Waals surface area (Å²) in [7, 11) is 0. The second-order valence-electron chi connectivity index (χ2n) is 7.39. The lowest BCUT2D eigenvalue weighted by molar-refractivity contribution is -0.120. The Balaban J connectivity index is 1.37. The van der Waals surface area contributed by atoms with Crippen LogP contribution in [0.3, 0.4) is 0 Å². The van der Waals surface area contributed by atoms with Crippen LogP contribution < -0.4 is 10.7 Å². The third kappa shape index (κ3) is 4.69. The molecule has 0 saturated heterocycles. The van der Waals surface area contributed by atoms with E-state index in [2.05, 4.69) is 15.8 Å². The average molecular weight is 385 g/mol. The third-order valence-corrected chi connectivity index (χ3v) is 5.10. The summed E-state index contributed by atoms with van der Waals surface area (Å²) >= 11 is 0. The van der Waals surface area contributed by atoms with Gasteiger partial charge in [0, 0.05) is 11.6 Å². The SMILES string of the molecule is CC(=NNC(=O)Cc1cccc2ccccc12)c1ccc(NC(=O)C2CC2)cc1. The predicted octanol–water partition coefficient (Wildman–Crippen LogP) is 4.27. The molecule has 0 aromatic heterocycles. The van der Waals surface area contributed by atoms with Gasteiger partial charge in [-0.25, -0.2) is 5.43 Å². The van der Waals surface area contributed by atoms with Crippen LogP contribution >= 0.6 is 0 Å². The molecule has 1 fully saturated rings. The molecular formula is C24H23N3O2. The quantitative estimate of drug-likeness (QED) is 0.491. The van der Waals surface area contributed by atoms with E-state index in [0.717, 1.165) is 40.4 Å². The van der Waals surface area contributed by atoms with Crippen molar-refractivity contribution in [3.8, 4) is 0 Å². The molecule has 5 nitrogen and oxygen atoms in total. The number of nitrogens with zero attached hydrogens (tertiary/aromatic N) is 1. The number of hydrazone groups is 1. The molecule has 29 heavy (non-hydrogen) atoms. The molecule has 1 aliphatic rings. The summed E-state index contributed by atoms with van der Waals surface area (Å²) in [5.74, 6) is 0.104. The summed E-state index contributed by atoms with van der Waals surface area (Å²) in [6, 6.07) is 21.5. The molecule has 0 heterocycles. The van der Waals surface area contributed by atoms with Gasteiger partial charge in [0.05, 0.1) is 12.1 Å². The van der Waals surface area contributed by atoms with Crippen molar-refractivity contribution in [1.29, 1.82) is 0 Å². The van der Waals surface area contributed by atoms with Gasteiger partial charge in [0.1, 0.15) is 0 Å². The molecule has 3 aromatic rings. The van der Waals surface area contributed by atoms with Crippen LogP contribution in [0.15, 0.2) is 71.8 Å². The minimum absolute atomic E-state index is 0.0869. The van der Waals surface area contributed by atoms with Gasteiger partial charge in [0.25, 0.3) is 0 Å². The monoisotopic (exact) mass is 385 g/mol. The van der Waals surface area contributed by atoms with E-state index in [4.69, 9.17) is 0 Å². The Morgan fingerprint density at radius 3 is 2.45 bits per heavy atom. The topological polar surface area (TPSA) is 70.6 Å². The summed E-state index contributed by atoms with van der Waals surface area (Å²) in [5.41, 5.74) is 5.99. The normalized spacial score (nSPS) is 13.9. The van der Waals surface area contributed by atoms with Crippen molar-refractivity contribution < 1.29 is 9.59 Å². The molecule has 1 aliphatic carbocycles. The Morgan fingerprint density at radius 2 is 1.69 bits per heavy atom. The van der Waals surface area contributed by atoms with Gasteiger partial charge in [-0.05, 0) is 53.8 Å². The van der Waals surface area contributed by atoms with Crippen LogP contribution in [0.5, 0.6) is 0 Å². The summed E-state index contributed by atoms with van der Waals surface area (Å²) in [6.45, 7) is 1.84. The van der Waals surface area contributed by atoms with Crippen molar-refractivity contribution in [2.45, 2.75) is 26.2 Å². The van der Waals surface area contributed by atoms with Crippen molar-refractivity contribution >= 4 is 34.0 Å². The van der Waals surface area contributed by atoms with Gasteiger partial charge in [-0.3, -0.25) is 9.59 Å². The molecular weight excluding hydrogens is 362 g/mol. The number of nitrogens with one attached hydrogen (secondary N) is 2. The first-order valence-corrected chi connectivity index (χ1v) is 9.81. The van der Waals surface area contributed by atoms with Gasteiger partial charge in [-0.2, -0.15) is 5.10 Å². The number of fused-ring (bicyclic) bond motifs is 1. The van der Waals surface area contributed by atoms with E-state index in [1.165, 1.54) is 0 Å². The Morgan fingerprint density at radius 1 is 0.966 bits per heavy atom. The third-order valence-electron chi connectivity index (χ3n) is 5.10. The lowest BCUT2D eigenvalue weighted by atomic mass is 10.0. The highest BCUT2D eigenvalue weighted by atomic mass is 16.2. The summed E-state index contributed by atoms with van der Waals surface area (Å²) in [4.78, 5) is 24.2. The van der Waals surface area contributed by atoms with Gasteiger partial charge in [0.2, 0.25) is 11.8 Å². The summed E-state index contributed by atoms with van der Waals surface area (Å²) in [5, 5.41) is 9.34. The molecule has 2 N–H and O–H groups in total. The van der Waals surface area contributed by atoms with Crippen LogP contribution in [0.25, 0.3) is 10.8 Å². The number of benzene rings is 3. The lowest BCUT2D eigenvalue weighted by Crippen LogP contribution is -2.21. The number of carbonyl (C=O) groups is 2. The fourth-order valence-corrected chi connectivity index (χ4v) is 3.25. The number of rotatable bonds is 6. The molecule has 2 amide bonds. The Bertz CT molecular complexity index is 1080. The zero-order valence-corrected chi connectivity index (χ0v) is 16.3. The zero-order valence-electron chi connectivity index (χ0n) is 16.3. The maximum atomic E-state index is 12.4. The Labute approximate surface area is 169 Å². The van der Waals surface area contributed by atoms with Crippen LogP contribution in [-0.2, 0) is 16.0 Å². The van der Waals surface area contributed by atoms with E-state index in [9.17, 15) is 9.59 Å². The average Bonchev–Trinajstić information content (AvgIpc) is 3.58. The number of hydrogen-bond donors (Lipinski definition) is 2. The molecule has 0 atom stereocenters. The van der Waals surface area contributed by atoms with Crippen LogP contribution in [0.2, 0.25) is 0 Å². The van der Waals surface area contributed by atoms with Crippen LogP contribution in [0.1, 0.15) is 30.9 Å². The van der Waals surface area contributed by atoms with Crippen molar-refractivity contribution in [3.05, 3.63) is 77.9 Å². The largest absolute Gasteiger partial charge is 0.326 e. The first-order valence-electron chi connectivity index (χ1n) is 9.81. The fraction of sp³-hybridized carbons (Fsp3) is 0.208. The first-order chi connectivity index (χ1) is 14.1. The number of amides is 2. The van der Waals surface area contributed by atoms with E-state index in [1.54, 1.807) is 0 Å². The zero-order chi connectivity index (χ0) is 20.2. The van der Waals surface area contributed by atoms with Gasteiger partial charge >= 0.3 is 0 Å². The Hall–Kier alpha value is -3.47. The Kier molecular flexibility index (Phi) is 5.38. The second kappa shape index (κ2) is 8.27. The van der Waals surface area contributed by atoms with Crippen molar-refractivity contribution in [1.82, 2.24) is 5.43 Å². The molecule has 3 aromatic carbocycles. The molecule has 146 valence electrons. The van der Waals surface area contributed by atoms with E-state index >= 15 is 0 Å². The van der Waals surface area contributed by atoms with E-state index in [-0.39, 0.29) is 24.2 Å². The van der Waals surface area contributed by atoms with Gasteiger partial charge in [-0.1, -0.05) is 54.6 Å². The number of anilines is 1. The van der Waals surface area contributed by atoms with E-state index in [1.807, 2.05) is 73.7 Å². The van der Waals surface area contributed by atoms with Crippen molar-refractivity contribution in [2.75, 3.05) is 5.32 Å². The van der Waals surface area contributed by atoms with Crippen LogP contribution in [0, 0.1) is 5.92 Å². The highest BCUT2D eigenvalue weighted by Crippen LogP contribution is 2.30. The highest BCUT2D eigenvalue weighted by Gasteiger charge is 2.29. The summed E-state index contributed by atoms with van der Waals surface area (Å²) in [6.07, 6.45) is 2.23. The molecule has 0 radical (unpaired) electrons. The molecule has 0 spiro atoms. The first kappa shape index (κ1) is 18.9. The molecule has 0 bridgehead atoms. The molecule has 0 unspecified atom stereocenters. The molecule has 1 saturated carbocycles. The predicted molar refractivity (Wildman–Crippen MR) is 116 cm³/mol. The lowest BCUT2D eigenvalue weighted by Gasteiger charge is -2.07. The maximum absolute atomic E-state index is 12.4.